The van der Waals surface area contributed by atoms with Gasteiger partial charge in [-0.25, -0.2) is 8.42 Å². The highest BCUT2D eigenvalue weighted by atomic mass is 32.2. The number of rotatable bonds is 7. The molecule has 0 saturated carbocycles. The minimum atomic E-state index is -4.60. The van der Waals surface area contributed by atoms with E-state index in [4.69, 9.17) is 0 Å². The van der Waals surface area contributed by atoms with Crippen molar-refractivity contribution in [1.82, 2.24) is 19.5 Å². The van der Waals surface area contributed by atoms with Gasteiger partial charge in [-0.1, -0.05) is 19.4 Å². The Balaban J connectivity index is 1.50. The number of ketones is 1. The van der Waals surface area contributed by atoms with Gasteiger partial charge in [0.1, 0.15) is 17.8 Å². The number of nitrogens with one attached hydrogen (secondary N) is 1. The molecule has 2 aliphatic heterocycles. The van der Waals surface area contributed by atoms with Gasteiger partial charge in [0.25, 0.3) is 15.9 Å². The van der Waals surface area contributed by atoms with Crippen LogP contribution in [0.25, 0.3) is 0 Å². The standard InChI is InChI=1S/C25H25F3N4O6S/c1-2-5-17(30-22(34)15-7-9-16(10-8-15)25(26,27)28)23(35)31-13-11-19-21(31)20(33)14-32(19)39(37,38)24(36)18-6-3-4-12-29-18/h3-4,6-10,12,17,19,21H,2,5,11,13-14H2,1H3,(H,30,34). The molecule has 0 bridgehead atoms. The second-order valence-corrected chi connectivity index (χ2v) is 11.0. The maximum Gasteiger partial charge on any atom is 0.416 e. The summed E-state index contributed by atoms with van der Waals surface area (Å²) in [5, 5.41) is 1.27. The molecule has 2 aliphatic rings. The first kappa shape index (κ1) is 28.4. The molecule has 2 saturated heterocycles. The van der Waals surface area contributed by atoms with E-state index in [1.54, 1.807) is 6.92 Å². The number of sulfonamides is 1. The first-order chi connectivity index (χ1) is 18.4. The third kappa shape index (κ3) is 5.57. The van der Waals surface area contributed by atoms with Crippen molar-refractivity contribution in [3.05, 3.63) is 65.5 Å². The van der Waals surface area contributed by atoms with Gasteiger partial charge in [-0.2, -0.15) is 17.5 Å². The molecule has 2 amide bonds. The van der Waals surface area contributed by atoms with Crippen LogP contribution in [0.3, 0.4) is 0 Å². The van der Waals surface area contributed by atoms with Crippen LogP contribution in [0.1, 0.15) is 52.6 Å². The fourth-order valence-electron chi connectivity index (χ4n) is 4.86. The van der Waals surface area contributed by atoms with E-state index in [1.807, 2.05) is 0 Å². The van der Waals surface area contributed by atoms with Crippen LogP contribution in [-0.2, 0) is 25.8 Å². The van der Waals surface area contributed by atoms with Crippen LogP contribution in [0, 0.1) is 0 Å². The summed E-state index contributed by atoms with van der Waals surface area (Å²) in [6.45, 7) is 1.19. The number of likely N-dealkylation sites (tertiary alicyclic amines) is 1. The molecule has 14 heteroatoms. The Morgan fingerprint density at radius 3 is 2.41 bits per heavy atom. The molecule has 4 rings (SSSR count). The highest BCUT2D eigenvalue weighted by Gasteiger charge is 2.55. The number of aromatic nitrogens is 1. The largest absolute Gasteiger partial charge is 0.416 e. The Morgan fingerprint density at radius 1 is 1.13 bits per heavy atom. The van der Waals surface area contributed by atoms with E-state index in [0.717, 1.165) is 28.6 Å². The van der Waals surface area contributed by atoms with Gasteiger partial charge in [-0.05, 0) is 49.2 Å². The predicted octanol–water partition coefficient (Wildman–Crippen LogP) is 2.02. The maximum atomic E-state index is 13.5. The summed E-state index contributed by atoms with van der Waals surface area (Å²) in [5.41, 5.74) is -1.31. The predicted molar refractivity (Wildman–Crippen MR) is 131 cm³/mol. The monoisotopic (exact) mass is 566 g/mol. The molecule has 1 aromatic heterocycles. The van der Waals surface area contributed by atoms with E-state index in [2.05, 4.69) is 10.3 Å². The topological polar surface area (TPSA) is 134 Å². The number of Topliss-reactive ketones (excluding diaryl/α,β-unsaturated/α-hetero) is 1. The lowest BCUT2D eigenvalue weighted by atomic mass is 10.1. The first-order valence-electron chi connectivity index (χ1n) is 12.1. The van der Waals surface area contributed by atoms with E-state index in [9.17, 15) is 40.8 Å². The number of carbonyl (C=O) groups is 4. The highest BCUT2D eigenvalue weighted by Crippen LogP contribution is 2.33. The number of hydrogen-bond acceptors (Lipinski definition) is 7. The van der Waals surface area contributed by atoms with E-state index in [-0.39, 0.29) is 30.6 Å². The van der Waals surface area contributed by atoms with Crippen LogP contribution in [0.15, 0.2) is 48.7 Å². The third-order valence-corrected chi connectivity index (χ3v) is 8.43. The van der Waals surface area contributed by atoms with E-state index < -0.39 is 69.1 Å². The van der Waals surface area contributed by atoms with Gasteiger partial charge in [0.15, 0.2) is 5.78 Å². The van der Waals surface area contributed by atoms with Crippen LogP contribution in [0.5, 0.6) is 0 Å². The molecule has 2 aromatic rings. The van der Waals surface area contributed by atoms with Crippen molar-refractivity contribution < 1.29 is 40.8 Å². The molecule has 0 aliphatic carbocycles. The number of nitrogens with zero attached hydrogens (tertiary/aromatic N) is 3. The number of carbonyl (C=O) groups excluding carboxylic acids is 4. The van der Waals surface area contributed by atoms with Gasteiger partial charge in [0.05, 0.1) is 18.2 Å². The van der Waals surface area contributed by atoms with Crippen molar-refractivity contribution in [1.29, 1.82) is 0 Å². The summed E-state index contributed by atoms with van der Waals surface area (Å²) >= 11 is 0. The number of benzene rings is 1. The van der Waals surface area contributed by atoms with Crippen LogP contribution < -0.4 is 5.32 Å². The summed E-state index contributed by atoms with van der Waals surface area (Å²) in [6, 6.07) is 4.55. The van der Waals surface area contributed by atoms with Crippen molar-refractivity contribution in [3.8, 4) is 0 Å². The molecule has 1 aromatic carbocycles. The minimum Gasteiger partial charge on any atom is -0.340 e. The fourth-order valence-corrected chi connectivity index (χ4v) is 6.33. The van der Waals surface area contributed by atoms with E-state index in [1.165, 1.54) is 29.3 Å². The average molecular weight is 567 g/mol. The van der Waals surface area contributed by atoms with Gasteiger partial charge < -0.3 is 10.2 Å². The van der Waals surface area contributed by atoms with Crippen LogP contribution >= 0.6 is 0 Å². The maximum absolute atomic E-state index is 13.5. The number of alkyl halides is 3. The SMILES string of the molecule is CCCC(NC(=O)c1ccc(C(F)(F)F)cc1)C(=O)N1CCC2C1C(=O)CN2S(=O)(=O)C(=O)c1ccccn1. The number of halogens is 3. The lowest BCUT2D eigenvalue weighted by molar-refractivity contribution is -0.138. The molecule has 0 spiro atoms. The highest BCUT2D eigenvalue weighted by molar-refractivity contribution is 8.04. The van der Waals surface area contributed by atoms with Crippen LogP contribution in [0.2, 0.25) is 0 Å². The van der Waals surface area contributed by atoms with E-state index in [0.29, 0.717) is 6.42 Å². The molecule has 208 valence electrons. The summed E-state index contributed by atoms with van der Waals surface area (Å²) in [6.07, 6.45) is -2.57. The molecule has 3 heterocycles. The molecule has 0 radical (unpaired) electrons. The normalized spacial score (nSPS) is 20.5. The second-order valence-electron chi connectivity index (χ2n) is 9.24. The average Bonchev–Trinajstić information content (AvgIpc) is 3.49. The van der Waals surface area contributed by atoms with Crippen molar-refractivity contribution in [2.75, 3.05) is 13.1 Å². The van der Waals surface area contributed by atoms with Crippen LogP contribution in [0.4, 0.5) is 13.2 Å². The molecule has 1 N–H and O–H groups in total. The zero-order valence-electron chi connectivity index (χ0n) is 20.7. The van der Waals surface area contributed by atoms with Crippen molar-refractivity contribution in [2.45, 2.75) is 50.5 Å². The van der Waals surface area contributed by atoms with Crippen molar-refractivity contribution in [3.63, 3.8) is 0 Å². The van der Waals surface area contributed by atoms with Crippen molar-refractivity contribution in [2.24, 2.45) is 0 Å². The second kappa shape index (κ2) is 10.8. The van der Waals surface area contributed by atoms with Gasteiger partial charge in [0, 0.05) is 18.3 Å². The summed E-state index contributed by atoms with van der Waals surface area (Å²) < 4.78 is 65.5. The number of fused-ring (bicyclic) bond motifs is 1. The molecule has 2 fully saturated rings. The zero-order valence-corrected chi connectivity index (χ0v) is 21.5. The minimum absolute atomic E-state index is 0.0140. The molecular weight excluding hydrogens is 541 g/mol. The van der Waals surface area contributed by atoms with Gasteiger partial charge in [-0.15, -0.1) is 0 Å². The Labute approximate surface area is 222 Å². The van der Waals surface area contributed by atoms with Gasteiger partial charge in [-0.3, -0.25) is 24.2 Å². The molecule has 3 atom stereocenters. The molecule has 3 unspecified atom stereocenters. The molecule has 10 nitrogen and oxygen atoms in total. The smallest absolute Gasteiger partial charge is 0.340 e. The Kier molecular flexibility index (Phi) is 7.89. The Hall–Kier alpha value is -3.65. The van der Waals surface area contributed by atoms with E-state index >= 15 is 0 Å². The number of amides is 2. The third-order valence-electron chi connectivity index (χ3n) is 6.73. The quantitative estimate of drug-likeness (QED) is 0.542. The van der Waals surface area contributed by atoms with Crippen molar-refractivity contribution >= 4 is 32.7 Å². The lowest BCUT2D eigenvalue weighted by Gasteiger charge is -2.28. The summed E-state index contributed by atoms with van der Waals surface area (Å²) in [7, 11) is -4.60. The Morgan fingerprint density at radius 2 is 1.82 bits per heavy atom. The summed E-state index contributed by atoms with van der Waals surface area (Å²) in [5.74, 6) is -1.95. The number of pyridine rings is 1. The van der Waals surface area contributed by atoms with Gasteiger partial charge >= 0.3 is 11.3 Å². The van der Waals surface area contributed by atoms with Crippen LogP contribution in [-0.4, -0.2) is 76.5 Å². The first-order valence-corrected chi connectivity index (χ1v) is 13.6. The fraction of sp³-hybridized carbons (Fsp3) is 0.400. The van der Waals surface area contributed by atoms with Gasteiger partial charge in [0.2, 0.25) is 5.91 Å². The Bertz CT molecular complexity index is 1380. The summed E-state index contributed by atoms with van der Waals surface area (Å²) in [4.78, 5) is 56.8. The lowest BCUT2D eigenvalue weighted by Crippen LogP contribution is -2.52. The molecule has 39 heavy (non-hydrogen) atoms. The number of hydrogen-bond donors (Lipinski definition) is 1. The molecular formula is C25H25F3N4O6S. The zero-order chi connectivity index (χ0) is 28.5.